The average molecular weight is 401 g/mol. The number of rotatable bonds is 5. The third kappa shape index (κ3) is 3.47. The van der Waals surface area contributed by atoms with Crippen molar-refractivity contribution in [3.8, 4) is 0 Å². The minimum absolute atomic E-state index is 0.0197. The van der Waals surface area contributed by atoms with Crippen LogP contribution in [0.25, 0.3) is 0 Å². The highest BCUT2D eigenvalue weighted by Gasteiger charge is 2.43. The number of aromatic nitrogens is 2. The highest BCUT2D eigenvalue weighted by atomic mass is 35.5. The molecule has 2 atom stereocenters. The molecule has 1 amide bonds. The molecule has 0 radical (unpaired) electrons. The SMILES string of the molecule is CC(C(N)=O)(c1ccc(Cl)cn1)N1CCC[C@@H](c2c[nH]c(=O)c(C3CC3)c2)C1. The van der Waals surface area contributed by atoms with Crippen LogP contribution in [0.1, 0.15) is 61.3 Å². The zero-order valence-corrected chi connectivity index (χ0v) is 16.7. The van der Waals surface area contributed by atoms with E-state index in [1.807, 2.05) is 13.1 Å². The van der Waals surface area contributed by atoms with Crippen LogP contribution in [0.15, 0.2) is 35.4 Å². The number of hydrogen-bond acceptors (Lipinski definition) is 4. The summed E-state index contributed by atoms with van der Waals surface area (Å²) in [6, 6.07) is 5.56. The van der Waals surface area contributed by atoms with Crippen LogP contribution in [0.2, 0.25) is 5.02 Å². The van der Waals surface area contributed by atoms with Gasteiger partial charge in [-0.25, -0.2) is 0 Å². The molecule has 148 valence electrons. The molecule has 1 aliphatic heterocycles. The number of aromatic amines is 1. The van der Waals surface area contributed by atoms with Crippen molar-refractivity contribution < 1.29 is 4.79 Å². The summed E-state index contributed by atoms with van der Waals surface area (Å²) in [5.74, 6) is 0.203. The predicted octanol–water partition coefficient (Wildman–Crippen LogP) is 2.88. The lowest BCUT2D eigenvalue weighted by Crippen LogP contribution is -2.56. The summed E-state index contributed by atoms with van der Waals surface area (Å²) in [6.07, 6.45) is 7.50. The van der Waals surface area contributed by atoms with Crippen LogP contribution in [0, 0.1) is 0 Å². The molecule has 7 heteroatoms. The van der Waals surface area contributed by atoms with Gasteiger partial charge in [0.2, 0.25) is 5.91 Å². The van der Waals surface area contributed by atoms with Crippen LogP contribution in [0.4, 0.5) is 0 Å². The fourth-order valence-corrected chi connectivity index (χ4v) is 4.33. The van der Waals surface area contributed by atoms with Gasteiger partial charge in [0.05, 0.1) is 10.7 Å². The van der Waals surface area contributed by atoms with Gasteiger partial charge in [0.25, 0.3) is 5.56 Å². The molecule has 6 nitrogen and oxygen atoms in total. The lowest BCUT2D eigenvalue weighted by atomic mass is 9.85. The largest absolute Gasteiger partial charge is 0.368 e. The molecule has 2 aromatic rings. The van der Waals surface area contributed by atoms with Crippen LogP contribution < -0.4 is 11.3 Å². The number of amides is 1. The smallest absolute Gasteiger partial charge is 0.251 e. The summed E-state index contributed by atoms with van der Waals surface area (Å²) in [5.41, 5.74) is 7.48. The van der Waals surface area contributed by atoms with Gasteiger partial charge < -0.3 is 10.7 Å². The van der Waals surface area contributed by atoms with Gasteiger partial charge in [-0.05, 0) is 74.8 Å². The summed E-state index contributed by atoms with van der Waals surface area (Å²) < 4.78 is 0. The number of pyridine rings is 2. The molecule has 2 fully saturated rings. The Labute approximate surface area is 169 Å². The van der Waals surface area contributed by atoms with E-state index in [-0.39, 0.29) is 11.5 Å². The zero-order chi connectivity index (χ0) is 19.9. The average Bonchev–Trinajstić information content (AvgIpc) is 3.53. The van der Waals surface area contributed by atoms with Crippen molar-refractivity contribution in [2.24, 2.45) is 5.73 Å². The molecule has 3 N–H and O–H groups in total. The van der Waals surface area contributed by atoms with E-state index in [0.717, 1.165) is 43.4 Å². The first-order valence-electron chi connectivity index (χ1n) is 9.79. The van der Waals surface area contributed by atoms with Gasteiger partial charge in [0, 0.05) is 24.5 Å². The number of likely N-dealkylation sites (tertiary alicyclic amines) is 1. The molecule has 1 unspecified atom stereocenters. The van der Waals surface area contributed by atoms with Gasteiger partial charge in [-0.3, -0.25) is 19.5 Å². The Kier molecular flexibility index (Phi) is 5.02. The van der Waals surface area contributed by atoms with E-state index >= 15 is 0 Å². The van der Waals surface area contributed by atoms with Crippen LogP contribution in [0.3, 0.4) is 0 Å². The number of nitrogens with one attached hydrogen (secondary N) is 1. The minimum Gasteiger partial charge on any atom is -0.368 e. The first-order valence-corrected chi connectivity index (χ1v) is 10.2. The third-order valence-electron chi connectivity index (χ3n) is 6.20. The van der Waals surface area contributed by atoms with Crippen molar-refractivity contribution in [3.63, 3.8) is 0 Å². The summed E-state index contributed by atoms with van der Waals surface area (Å²) in [5, 5.41) is 0.521. The summed E-state index contributed by atoms with van der Waals surface area (Å²) >= 11 is 5.97. The van der Waals surface area contributed by atoms with Gasteiger partial charge in [0.15, 0.2) is 0 Å². The van der Waals surface area contributed by atoms with E-state index in [0.29, 0.717) is 23.2 Å². The maximum absolute atomic E-state index is 12.5. The van der Waals surface area contributed by atoms with Gasteiger partial charge in [-0.15, -0.1) is 0 Å². The Bertz CT molecular complexity index is 938. The van der Waals surface area contributed by atoms with E-state index in [1.165, 1.54) is 0 Å². The molecule has 1 aliphatic carbocycles. The monoisotopic (exact) mass is 400 g/mol. The maximum Gasteiger partial charge on any atom is 0.251 e. The second-order valence-electron chi connectivity index (χ2n) is 8.08. The highest BCUT2D eigenvalue weighted by molar-refractivity contribution is 6.30. The molecular weight excluding hydrogens is 376 g/mol. The first-order chi connectivity index (χ1) is 13.4. The van der Waals surface area contributed by atoms with Crippen LogP contribution >= 0.6 is 11.6 Å². The number of halogens is 1. The van der Waals surface area contributed by atoms with E-state index in [1.54, 1.807) is 18.3 Å². The number of primary amides is 1. The van der Waals surface area contributed by atoms with Crippen molar-refractivity contribution in [2.45, 2.75) is 50.0 Å². The van der Waals surface area contributed by atoms with E-state index in [2.05, 4.69) is 20.9 Å². The number of nitrogens with zero attached hydrogens (tertiary/aromatic N) is 2. The second kappa shape index (κ2) is 7.33. The van der Waals surface area contributed by atoms with E-state index < -0.39 is 11.4 Å². The molecule has 28 heavy (non-hydrogen) atoms. The third-order valence-corrected chi connectivity index (χ3v) is 6.43. The molecule has 1 saturated carbocycles. The zero-order valence-electron chi connectivity index (χ0n) is 16.0. The number of carbonyl (C=O) groups excluding carboxylic acids is 1. The van der Waals surface area contributed by atoms with Gasteiger partial charge in [0.1, 0.15) is 5.54 Å². The molecule has 2 aromatic heterocycles. The van der Waals surface area contributed by atoms with Crippen molar-refractivity contribution in [1.29, 1.82) is 0 Å². The van der Waals surface area contributed by atoms with Crippen LogP contribution in [0.5, 0.6) is 0 Å². The number of carbonyl (C=O) groups is 1. The predicted molar refractivity (Wildman–Crippen MR) is 108 cm³/mol. The highest BCUT2D eigenvalue weighted by Crippen LogP contribution is 2.40. The van der Waals surface area contributed by atoms with Crippen LogP contribution in [-0.4, -0.2) is 33.9 Å². The summed E-state index contributed by atoms with van der Waals surface area (Å²) in [6.45, 7) is 3.27. The topological polar surface area (TPSA) is 92.1 Å². The molecule has 2 aliphatic rings. The van der Waals surface area contributed by atoms with E-state index in [9.17, 15) is 9.59 Å². The molecule has 0 spiro atoms. The maximum atomic E-state index is 12.5. The lowest BCUT2D eigenvalue weighted by molar-refractivity contribution is -0.131. The Morgan fingerprint density at radius 3 is 2.75 bits per heavy atom. The van der Waals surface area contributed by atoms with Crippen LogP contribution in [-0.2, 0) is 10.3 Å². The lowest BCUT2D eigenvalue weighted by Gasteiger charge is -2.43. The Morgan fingerprint density at radius 1 is 1.32 bits per heavy atom. The minimum atomic E-state index is -1.01. The van der Waals surface area contributed by atoms with E-state index in [4.69, 9.17) is 17.3 Å². The van der Waals surface area contributed by atoms with Crippen molar-refractivity contribution in [2.75, 3.05) is 13.1 Å². The Morgan fingerprint density at radius 2 is 2.11 bits per heavy atom. The van der Waals surface area contributed by atoms with Gasteiger partial charge >= 0.3 is 0 Å². The first kappa shape index (κ1) is 19.2. The van der Waals surface area contributed by atoms with Gasteiger partial charge in [-0.2, -0.15) is 0 Å². The second-order valence-corrected chi connectivity index (χ2v) is 8.51. The van der Waals surface area contributed by atoms with Crippen molar-refractivity contribution in [1.82, 2.24) is 14.9 Å². The number of nitrogens with two attached hydrogens (primary N) is 1. The molecule has 0 bridgehead atoms. The quantitative estimate of drug-likeness (QED) is 0.807. The Hall–Kier alpha value is -2.18. The molecule has 3 heterocycles. The van der Waals surface area contributed by atoms with Gasteiger partial charge in [-0.1, -0.05) is 11.6 Å². The normalized spacial score (nSPS) is 22.6. The van der Waals surface area contributed by atoms with Crippen molar-refractivity contribution >= 4 is 17.5 Å². The number of piperidine rings is 1. The Balaban J connectivity index is 1.63. The molecule has 1 saturated heterocycles. The molecular formula is C21H25ClN4O2. The summed E-state index contributed by atoms with van der Waals surface area (Å²) in [4.78, 5) is 34.0. The molecule has 4 rings (SSSR count). The fourth-order valence-electron chi connectivity index (χ4n) is 4.22. The van der Waals surface area contributed by atoms with Crippen molar-refractivity contribution in [3.05, 3.63) is 62.8 Å². The fraction of sp³-hybridized carbons (Fsp3) is 0.476. The number of hydrogen-bond donors (Lipinski definition) is 2. The molecule has 0 aromatic carbocycles. The number of H-pyrrole nitrogens is 1. The standard InChI is InChI=1S/C21H25ClN4O2/c1-21(20(23)28,18-7-6-16(22)11-24-18)26-8-2-3-14(12-26)15-9-17(13-4-5-13)19(27)25-10-15/h6-7,9-11,13-14H,2-5,8,12H2,1H3,(H2,23,28)(H,25,27)/t14-,21?/m1/s1. The summed E-state index contributed by atoms with van der Waals surface area (Å²) in [7, 11) is 0.